The Kier molecular flexibility index (Phi) is 6.10. The van der Waals surface area contributed by atoms with E-state index in [1.807, 2.05) is 0 Å². The average Bonchev–Trinajstić information content (AvgIpc) is 3.26. The largest absolute Gasteiger partial charge is 0.445 e. The second-order valence-electron chi connectivity index (χ2n) is 7.48. The number of aromatic nitrogens is 4. The molecular formula is C20H20F4N6O2. The summed E-state index contributed by atoms with van der Waals surface area (Å²) in [5.41, 5.74) is 0.170. The summed E-state index contributed by atoms with van der Waals surface area (Å²) in [6.45, 7) is 0.306. The lowest BCUT2D eigenvalue weighted by Crippen LogP contribution is -2.46. The van der Waals surface area contributed by atoms with Gasteiger partial charge in [0.15, 0.2) is 5.82 Å². The molecule has 3 heterocycles. The SMILES string of the molecule is O=C(OCc1ccc(C(F)(F)F)cc1)N1CC[C@H](CNc2nccn3cnnc23)[C@H](F)C1. The molecule has 2 atom stereocenters. The van der Waals surface area contributed by atoms with Gasteiger partial charge >= 0.3 is 12.3 Å². The second kappa shape index (κ2) is 8.97. The van der Waals surface area contributed by atoms with Gasteiger partial charge < -0.3 is 15.0 Å². The molecule has 170 valence electrons. The van der Waals surface area contributed by atoms with Crippen molar-refractivity contribution >= 4 is 17.6 Å². The van der Waals surface area contributed by atoms with Gasteiger partial charge in [-0.25, -0.2) is 14.2 Å². The second-order valence-corrected chi connectivity index (χ2v) is 7.48. The van der Waals surface area contributed by atoms with Crippen LogP contribution in [0.1, 0.15) is 17.5 Å². The number of fused-ring (bicyclic) bond motifs is 1. The van der Waals surface area contributed by atoms with Crippen LogP contribution in [0.3, 0.4) is 0 Å². The average molecular weight is 452 g/mol. The van der Waals surface area contributed by atoms with Crippen LogP contribution < -0.4 is 5.32 Å². The third-order valence-corrected chi connectivity index (χ3v) is 5.33. The molecule has 0 aliphatic carbocycles. The molecule has 32 heavy (non-hydrogen) atoms. The zero-order chi connectivity index (χ0) is 22.7. The maximum absolute atomic E-state index is 14.7. The highest BCUT2D eigenvalue weighted by atomic mass is 19.4. The van der Waals surface area contributed by atoms with Gasteiger partial charge in [0.2, 0.25) is 5.65 Å². The van der Waals surface area contributed by atoms with Gasteiger partial charge in [-0.3, -0.25) is 4.40 Å². The molecule has 0 spiro atoms. The van der Waals surface area contributed by atoms with Crippen molar-refractivity contribution in [2.75, 3.05) is 25.0 Å². The summed E-state index contributed by atoms with van der Waals surface area (Å²) in [5, 5.41) is 10.9. The van der Waals surface area contributed by atoms with E-state index >= 15 is 0 Å². The minimum absolute atomic E-state index is 0.124. The van der Waals surface area contributed by atoms with Crippen molar-refractivity contribution in [3.8, 4) is 0 Å². The predicted octanol–water partition coefficient (Wildman–Crippen LogP) is 3.55. The van der Waals surface area contributed by atoms with E-state index in [1.54, 1.807) is 16.8 Å². The molecule has 1 saturated heterocycles. The third-order valence-electron chi connectivity index (χ3n) is 5.33. The number of halogens is 4. The normalized spacial score (nSPS) is 19.2. The van der Waals surface area contributed by atoms with Crippen molar-refractivity contribution < 1.29 is 27.1 Å². The summed E-state index contributed by atoms with van der Waals surface area (Å²) in [6.07, 6.45) is -1.16. The summed E-state index contributed by atoms with van der Waals surface area (Å²) in [4.78, 5) is 17.7. The van der Waals surface area contributed by atoms with Crippen molar-refractivity contribution in [1.29, 1.82) is 0 Å². The van der Waals surface area contributed by atoms with E-state index in [9.17, 15) is 22.4 Å². The minimum atomic E-state index is -4.43. The third kappa shape index (κ3) is 4.89. The molecule has 1 aliphatic rings. The van der Waals surface area contributed by atoms with Crippen LogP contribution in [-0.4, -0.2) is 56.4 Å². The van der Waals surface area contributed by atoms with Gasteiger partial charge in [-0.2, -0.15) is 13.2 Å². The molecule has 1 N–H and O–H groups in total. The van der Waals surface area contributed by atoms with E-state index in [-0.39, 0.29) is 19.1 Å². The first-order chi connectivity index (χ1) is 15.3. The number of nitrogens with one attached hydrogen (secondary N) is 1. The number of piperidine rings is 1. The van der Waals surface area contributed by atoms with E-state index in [1.165, 1.54) is 23.4 Å². The van der Waals surface area contributed by atoms with Crippen molar-refractivity contribution in [3.05, 3.63) is 54.1 Å². The lowest BCUT2D eigenvalue weighted by Gasteiger charge is -2.34. The zero-order valence-electron chi connectivity index (χ0n) is 16.8. The van der Waals surface area contributed by atoms with Crippen LogP contribution in [0.2, 0.25) is 0 Å². The monoisotopic (exact) mass is 452 g/mol. The molecule has 0 radical (unpaired) electrons. The number of carbonyl (C=O) groups excluding carboxylic acids is 1. The predicted molar refractivity (Wildman–Crippen MR) is 105 cm³/mol. The van der Waals surface area contributed by atoms with Gasteiger partial charge in [0.25, 0.3) is 0 Å². The number of carbonyl (C=O) groups is 1. The molecule has 1 aliphatic heterocycles. The van der Waals surface area contributed by atoms with Gasteiger partial charge in [0.1, 0.15) is 19.1 Å². The van der Waals surface area contributed by atoms with Crippen LogP contribution in [0.4, 0.5) is 28.2 Å². The molecule has 12 heteroatoms. The summed E-state index contributed by atoms with van der Waals surface area (Å²) < 4.78 is 59.3. The van der Waals surface area contributed by atoms with E-state index in [0.29, 0.717) is 36.5 Å². The smallest absolute Gasteiger partial charge is 0.416 e. The molecule has 2 aromatic heterocycles. The Morgan fingerprint density at radius 2 is 2.03 bits per heavy atom. The fraction of sp³-hybridized carbons (Fsp3) is 0.400. The molecule has 0 saturated carbocycles. The maximum atomic E-state index is 14.7. The van der Waals surface area contributed by atoms with E-state index < -0.39 is 24.0 Å². The first-order valence-electron chi connectivity index (χ1n) is 9.91. The highest BCUT2D eigenvalue weighted by Gasteiger charge is 2.33. The molecule has 0 unspecified atom stereocenters. The molecule has 1 amide bonds. The molecule has 3 aromatic rings. The summed E-state index contributed by atoms with van der Waals surface area (Å²) in [7, 11) is 0. The Hall–Kier alpha value is -3.44. The molecule has 8 nitrogen and oxygen atoms in total. The van der Waals surface area contributed by atoms with Gasteiger partial charge in [-0.1, -0.05) is 12.1 Å². The van der Waals surface area contributed by atoms with Crippen LogP contribution in [0.5, 0.6) is 0 Å². The standard InChI is InChI=1S/C20H20F4N6O2/c21-16-10-29(19(31)32-11-13-1-3-15(4-2-13)20(22,23)24)7-5-14(16)9-26-17-18-28-27-12-30(18)8-6-25-17/h1-4,6,8,12,14,16H,5,7,9-11H2,(H,25,26)/t14-,16-/m1/s1. The number of amides is 1. The van der Waals surface area contributed by atoms with Gasteiger partial charge in [-0.05, 0) is 24.1 Å². The minimum Gasteiger partial charge on any atom is -0.445 e. The first kappa shape index (κ1) is 21.8. The lowest BCUT2D eigenvalue weighted by atomic mass is 9.95. The lowest BCUT2D eigenvalue weighted by molar-refractivity contribution is -0.137. The Balaban J connectivity index is 1.25. The fourth-order valence-electron chi connectivity index (χ4n) is 3.49. The summed E-state index contributed by atoms with van der Waals surface area (Å²) in [6, 6.07) is 4.34. The Morgan fingerprint density at radius 1 is 1.25 bits per heavy atom. The fourth-order valence-corrected chi connectivity index (χ4v) is 3.49. The molecule has 1 fully saturated rings. The number of alkyl halides is 4. The van der Waals surface area contributed by atoms with Crippen molar-refractivity contribution in [2.24, 2.45) is 5.92 Å². The molecular weight excluding hydrogens is 432 g/mol. The van der Waals surface area contributed by atoms with Gasteiger partial charge in [-0.15, -0.1) is 10.2 Å². The van der Waals surface area contributed by atoms with E-state index in [4.69, 9.17) is 4.74 Å². The molecule has 0 bridgehead atoms. The number of hydrogen-bond acceptors (Lipinski definition) is 6. The van der Waals surface area contributed by atoms with Crippen molar-refractivity contribution in [2.45, 2.75) is 25.4 Å². The topological polar surface area (TPSA) is 84.7 Å². The number of hydrogen-bond donors (Lipinski definition) is 1. The summed E-state index contributed by atoms with van der Waals surface area (Å²) >= 11 is 0. The summed E-state index contributed by atoms with van der Waals surface area (Å²) in [5.74, 6) is 0.162. The Morgan fingerprint density at radius 3 is 2.75 bits per heavy atom. The number of benzene rings is 1. The molecule has 4 rings (SSSR count). The highest BCUT2D eigenvalue weighted by Crippen LogP contribution is 2.29. The Labute approximate surface area is 180 Å². The van der Waals surface area contributed by atoms with Crippen LogP contribution in [0.15, 0.2) is 43.0 Å². The number of likely N-dealkylation sites (tertiary alicyclic amines) is 1. The number of ether oxygens (including phenoxy) is 1. The van der Waals surface area contributed by atoms with Crippen LogP contribution >= 0.6 is 0 Å². The number of nitrogens with zero attached hydrogens (tertiary/aromatic N) is 5. The van der Waals surface area contributed by atoms with Crippen LogP contribution in [-0.2, 0) is 17.5 Å². The van der Waals surface area contributed by atoms with Crippen molar-refractivity contribution in [1.82, 2.24) is 24.5 Å². The maximum Gasteiger partial charge on any atom is 0.416 e. The highest BCUT2D eigenvalue weighted by molar-refractivity contribution is 5.68. The van der Waals surface area contributed by atoms with Crippen LogP contribution in [0.25, 0.3) is 5.65 Å². The van der Waals surface area contributed by atoms with Gasteiger partial charge in [0, 0.05) is 31.4 Å². The number of rotatable bonds is 5. The van der Waals surface area contributed by atoms with Gasteiger partial charge in [0.05, 0.1) is 12.1 Å². The molecule has 1 aromatic carbocycles. The number of anilines is 1. The van der Waals surface area contributed by atoms with E-state index in [2.05, 4.69) is 20.5 Å². The Bertz CT molecular complexity index is 1070. The van der Waals surface area contributed by atoms with Crippen molar-refractivity contribution in [3.63, 3.8) is 0 Å². The quantitative estimate of drug-likeness (QED) is 0.596. The zero-order valence-corrected chi connectivity index (χ0v) is 16.8. The van der Waals surface area contributed by atoms with Crippen LogP contribution in [0, 0.1) is 5.92 Å². The first-order valence-corrected chi connectivity index (χ1v) is 9.91. The van der Waals surface area contributed by atoms with E-state index in [0.717, 1.165) is 12.1 Å².